The van der Waals surface area contributed by atoms with Crippen LogP contribution in [0, 0.1) is 11.3 Å². The Kier molecular flexibility index (Phi) is 5.50. The van der Waals surface area contributed by atoms with Gasteiger partial charge in [0.1, 0.15) is 21.7 Å². The van der Waals surface area contributed by atoms with Crippen LogP contribution in [0.3, 0.4) is 0 Å². The number of nitrogens with zero attached hydrogens (tertiary/aromatic N) is 4. The first kappa shape index (κ1) is 22.0. The smallest absolute Gasteiger partial charge is 0.416 e. The summed E-state index contributed by atoms with van der Waals surface area (Å²) in [7, 11) is 1.33. The maximum atomic E-state index is 13.0. The third-order valence-electron chi connectivity index (χ3n) is 4.59. The zero-order valence-electron chi connectivity index (χ0n) is 14.8. The standard InChI is InChI=1S/C17H11Cl4F3N4O/c1-15(6-16(15,20)21)13-9(5-25)14(26-7-29-2)28(27-13)12-10(18)3-8(4-11(12)19)17(22,23)24/h3-4,7H,6H2,1-2H3/b26-7-. The van der Waals surface area contributed by atoms with E-state index in [2.05, 4.69) is 10.1 Å². The van der Waals surface area contributed by atoms with E-state index >= 15 is 0 Å². The van der Waals surface area contributed by atoms with Crippen LogP contribution in [0.5, 0.6) is 0 Å². The fourth-order valence-corrected chi connectivity index (χ4v) is 4.23. The van der Waals surface area contributed by atoms with Crippen molar-refractivity contribution in [2.24, 2.45) is 4.99 Å². The van der Waals surface area contributed by atoms with Crippen LogP contribution < -0.4 is 0 Å². The van der Waals surface area contributed by atoms with Crippen molar-refractivity contribution < 1.29 is 17.9 Å². The third-order valence-corrected chi connectivity index (χ3v) is 6.27. The number of hydrogen-bond donors (Lipinski definition) is 0. The number of methoxy groups -OCH3 is 1. The molecule has 1 unspecified atom stereocenters. The molecule has 1 saturated carbocycles. The lowest BCUT2D eigenvalue weighted by Gasteiger charge is -2.13. The van der Waals surface area contributed by atoms with Crippen LogP contribution in [0.15, 0.2) is 17.1 Å². The minimum absolute atomic E-state index is 0.0241. The predicted octanol–water partition coefficient (Wildman–Crippen LogP) is 6.21. The molecule has 29 heavy (non-hydrogen) atoms. The number of aromatic nitrogens is 2. The van der Waals surface area contributed by atoms with E-state index in [0.717, 1.165) is 11.1 Å². The van der Waals surface area contributed by atoms with E-state index in [-0.39, 0.29) is 32.8 Å². The van der Waals surface area contributed by atoms with Crippen molar-refractivity contribution in [1.82, 2.24) is 9.78 Å². The van der Waals surface area contributed by atoms with Crippen molar-refractivity contribution in [2.75, 3.05) is 7.11 Å². The van der Waals surface area contributed by atoms with Gasteiger partial charge in [0.25, 0.3) is 0 Å². The molecule has 1 aliphatic rings. The van der Waals surface area contributed by atoms with E-state index in [1.165, 1.54) is 7.11 Å². The van der Waals surface area contributed by atoms with Crippen LogP contribution in [0.25, 0.3) is 5.69 Å². The monoisotopic (exact) mass is 484 g/mol. The first-order valence-electron chi connectivity index (χ1n) is 7.90. The highest BCUT2D eigenvalue weighted by molar-refractivity contribution is 6.52. The fourth-order valence-electron chi connectivity index (χ4n) is 2.86. The van der Waals surface area contributed by atoms with Crippen molar-refractivity contribution >= 4 is 58.6 Å². The van der Waals surface area contributed by atoms with Gasteiger partial charge in [-0.25, -0.2) is 4.68 Å². The number of ether oxygens (including phenoxy) is 1. The highest BCUT2D eigenvalue weighted by Gasteiger charge is 2.66. The van der Waals surface area contributed by atoms with Crippen molar-refractivity contribution in [2.45, 2.75) is 29.3 Å². The molecule has 1 aromatic carbocycles. The first-order valence-corrected chi connectivity index (χ1v) is 9.42. The van der Waals surface area contributed by atoms with Gasteiger partial charge < -0.3 is 4.74 Å². The maximum absolute atomic E-state index is 13.0. The van der Waals surface area contributed by atoms with Gasteiger partial charge in [0.15, 0.2) is 12.2 Å². The number of halogens is 7. The van der Waals surface area contributed by atoms with Gasteiger partial charge >= 0.3 is 6.18 Å². The van der Waals surface area contributed by atoms with Gasteiger partial charge in [-0.3, -0.25) is 0 Å². The number of nitriles is 1. The summed E-state index contributed by atoms with van der Waals surface area (Å²) in [6.45, 7) is 1.71. The molecule has 2 aromatic rings. The Hall–Kier alpha value is -1.66. The second kappa shape index (κ2) is 7.24. The van der Waals surface area contributed by atoms with Crippen molar-refractivity contribution in [3.63, 3.8) is 0 Å². The maximum Gasteiger partial charge on any atom is 0.416 e. The highest BCUT2D eigenvalue weighted by Crippen LogP contribution is 2.65. The Balaban J connectivity index is 2.30. The third kappa shape index (κ3) is 3.66. The van der Waals surface area contributed by atoms with E-state index in [4.69, 9.17) is 51.1 Å². The first-order chi connectivity index (χ1) is 13.4. The highest BCUT2D eigenvalue weighted by atomic mass is 35.5. The lowest BCUT2D eigenvalue weighted by molar-refractivity contribution is -0.137. The van der Waals surface area contributed by atoms with Crippen molar-refractivity contribution in [3.8, 4) is 11.8 Å². The summed E-state index contributed by atoms with van der Waals surface area (Å²) in [4.78, 5) is 4.04. The van der Waals surface area contributed by atoms with E-state index in [9.17, 15) is 18.4 Å². The topological polar surface area (TPSA) is 63.2 Å². The Morgan fingerprint density at radius 2 is 1.86 bits per heavy atom. The molecule has 0 radical (unpaired) electrons. The minimum atomic E-state index is -4.64. The summed E-state index contributed by atoms with van der Waals surface area (Å²) in [5.41, 5.74) is -1.72. The number of hydrogen-bond acceptors (Lipinski definition) is 4. The molecule has 1 aliphatic carbocycles. The van der Waals surface area contributed by atoms with Crippen LogP contribution in [0.2, 0.25) is 10.0 Å². The molecule has 0 bridgehead atoms. The molecular weight excluding hydrogens is 475 g/mol. The molecule has 1 aromatic heterocycles. The van der Waals surface area contributed by atoms with Gasteiger partial charge in [-0.1, -0.05) is 30.1 Å². The van der Waals surface area contributed by atoms with Gasteiger partial charge in [0.2, 0.25) is 0 Å². The molecular formula is C17H11Cl4F3N4O. The van der Waals surface area contributed by atoms with Gasteiger partial charge in [0, 0.05) is 5.41 Å². The van der Waals surface area contributed by atoms with Crippen molar-refractivity contribution in [3.05, 3.63) is 39.0 Å². The molecule has 0 amide bonds. The average Bonchev–Trinajstić information content (AvgIpc) is 2.96. The Morgan fingerprint density at radius 3 is 2.28 bits per heavy atom. The normalized spacial score (nSPS) is 20.7. The molecule has 0 aliphatic heterocycles. The van der Waals surface area contributed by atoms with Crippen LogP contribution in [0.1, 0.15) is 30.2 Å². The molecule has 1 heterocycles. The Labute approximate surface area is 183 Å². The number of rotatable bonds is 4. The molecule has 154 valence electrons. The van der Waals surface area contributed by atoms with Gasteiger partial charge in [-0.15, -0.1) is 23.2 Å². The quantitative estimate of drug-likeness (QED) is 0.293. The molecule has 0 spiro atoms. The zero-order valence-corrected chi connectivity index (χ0v) is 17.8. The van der Waals surface area contributed by atoms with Gasteiger partial charge in [0.05, 0.1) is 28.4 Å². The summed E-state index contributed by atoms with van der Waals surface area (Å²) in [5, 5.41) is 13.4. The second-order valence-electron chi connectivity index (χ2n) is 6.54. The van der Waals surface area contributed by atoms with Gasteiger partial charge in [-0.05, 0) is 18.6 Å². The van der Waals surface area contributed by atoms with Crippen LogP contribution >= 0.6 is 46.4 Å². The Morgan fingerprint density at radius 1 is 1.31 bits per heavy atom. The number of alkyl halides is 5. The molecule has 3 rings (SSSR count). The summed E-state index contributed by atoms with van der Waals surface area (Å²) < 4.78 is 43.9. The number of aliphatic imine (C=N–C) groups is 1. The molecule has 0 N–H and O–H groups in total. The lowest BCUT2D eigenvalue weighted by atomic mass is 10.0. The van der Waals surface area contributed by atoms with Crippen LogP contribution in [-0.4, -0.2) is 27.6 Å². The summed E-state index contributed by atoms with van der Waals surface area (Å²) in [6.07, 6.45) is -3.29. The van der Waals surface area contributed by atoms with E-state index in [1.54, 1.807) is 6.92 Å². The van der Waals surface area contributed by atoms with Gasteiger partial charge in [-0.2, -0.15) is 28.5 Å². The summed E-state index contributed by atoms with van der Waals surface area (Å²) in [5.74, 6) is -0.0369. The van der Waals surface area contributed by atoms with Crippen molar-refractivity contribution in [1.29, 1.82) is 5.26 Å². The zero-order chi connectivity index (χ0) is 21.8. The molecule has 5 nitrogen and oxygen atoms in total. The Bertz CT molecular complexity index is 1040. The van der Waals surface area contributed by atoms with Crippen LogP contribution in [0.4, 0.5) is 19.0 Å². The molecule has 1 fully saturated rings. The predicted molar refractivity (Wildman–Crippen MR) is 105 cm³/mol. The van der Waals surface area contributed by atoms with E-state index in [0.29, 0.717) is 18.6 Å². The summed E-state index contributed by atoms with van der Waals surface area (Å²) in [6, 6.07) is 3.42. The molecule has 12 heteroatoms. The minimum Gasteiger partial charge on any atom is -0.486 e. The largest absolute Gasteiger partial charge is 0.486 e. The number of benzene rings is 1. The molecule has 1 atom stereocenters. The SMILES string of the molecule is CO/C=N\c1c(C#N)c(C2(C)CC2(Cl)Cl)nn1-c1c(Cl)cc(C(F)(F)F)cc1Cl. The van der Waals surface area contributed by atoms with E-state index < -0.39 is 21.5 Å². The fraction of sp³-hybridized carbons (Fsp3) is 0.353. The second-order valence-corrected chi connectivity index (χ2v) is 8.84. The molecule has 0 saturated heterocycles. The lowest BCUT2D eigenvalue weighted by Crippen LogP contribution is -2.13. The van der Waals surface area contributed by atoms with Crippen LogP contribution in [-0.2, 0) is 16.3 Å². The van der Waals surface area contributed by atoms with E-state index in [1.807, 2.05) is 6.07 Å². The summed E-state index contributed by atoms with van der Waals surface area (Å²) >= 11 is 24.7. The average molecular weight is 486 g/mol.